The molecule has 0 heterocycles. The van der Waals surface area contributed by atoms with Gasteiger partial charge in [-0.25, -0.2) is 0 Å². The van der Waals surface area contributed by atoms with Crippen LogP contribution in [0.25, 0.3) is 0 Å². The van der Waals surface area contributed by atoms with Crippen LogP contribution >= 0.6 is 11.6 Å². The Labute approximate surface area is 91.8 Å². The number of hydrogen-bond acceptors (Lipinski definition) is 1. The number of benzene rings is 1. The van der Waals surface area contributed by atoms with Gasteiger partial charge in [0.05, 0.1) is 8.07 Å². The van der Waals surface area contributed by atoms with E-state index in [9.17, 15) is 0 Å². The summed E-state index contributed by atoms with van der Waals surface area (Å²) in [4.78, 5) is 4.43. The molecule has 3 heteroatoms. The van der Waals surface area contributed by atoms with Crippen molar-refractivity contribution in [2.45, 2.75) is 19.6 Å². The summed E-state index contributed by atoms with van der Waals surface area (Å²) < 4.78 is 0. The summed E-state index contributed by atoms with van der Waals surface area (Å²) in [6, 6.07) is 7.75. The first-order chi connectivity index (χ1) is 6.47. The van der Waals surface area contributed by atoms with Gasteiger partial charge in [0, 0.05) is 17.4 Å². The predicted molar refractivity (Wildman–Crippen MR) is 67.3 cm³/mol. The third-order valence-corrected chi connectivity index (χ3v) is 3.02. The lowest BCUT2D eigenvalue weighted by molar-refractivity contribution is 1.29. The van der Waals surface area contributed by atoms with E-state index >= 15 is 0 Å². The fraction of sp³-hybridized carbons (Fsp3) is 0.364. The maximum absolute atomic E-state index is 5.86. The second-order valence-electron chi connectivity index (χ2n) is 4.59. The monoisotopic (exact) mass is 225 g/mol. The molecular formula is C11H16ClNSi. The second-order valence-corrected chi connectivity index (χ2v) is 10.5. The molecule has 1 rings (SSSR count). The zero-order chi connectivity index (χ0) is 10.6. The second kappa shape index (κ2) is 4.76. The maximum atomic E-state index is 5.86. The molecule has 0 spiro atoms. The quantitative estimate of drug-likeness (QED) is 0.550. The molecule has 0 saturated heterocycles. The Hall–Kier alpha value is -0.603. The van der Waals surface area contributed by atoms with Gasteiger partial charge in [0.25, 0.3) is 0 Å². The SMILES string of the molecule is C[Si](C)(C)C/N=C/c1cccc(Cl)c1. The first kappa shape index (κ1) is 11.5. The minimum absolute atomic E-state index is 0.766. The largest absolute Gasteiger partial charge is 0.296 e. The topological polar surface area (TPSA) is 12.4 Å². The average Bonchev–Trinajstić information content (AvgIpc) is 2.01. The summed E-state index contributed by atoms with van der Waals surface area (Å²) >= 11 is 5.86. The highest BCUT2D eigenvalue weighted by molar-refractivity contribution is 6.76. The van der Waals surface area contributed by atoms with Crippen molar-refractivity contribution >= 4 is 25.9 Å². The van der Waals surface area contributed by atoms with Gasteiger partial charge in [0.15, 0.2) is 0 Å². The first-order valence-electron chi connectivity index (χ1n) is 4.73. The molecular weight excluding hydrogens is 210 g/mol. The first-order valence-corrected chi connectivity index (χ1v) is 8.81. The summed E-state index contributed by atoms with van der Waals surface area (Å²) in [5, 5.41) is 0.766. The van der Waals surface area contributed by atoms with Crippen molar-refractivity contribution in [2.24, 2.45) is 4.99 Å². The van der Waals surface area contributed by atoms with Crippen LogP contribution < -0.4 is 0 Å². The van der Waals surface area contributed by atoms with E-state index in [2.05, 4.69) is 24.6 Å². The van der Waals surface area contributed by atoms with E-state index in [0.717, 1.165) is 16.8 Å². The van der Waals surface area contributed by atoms with E-state index < -0.39 is 8.07 Å². The zero-order valence-electron chi connectivity index (χ0n) is 8.92. The molecule has 0 bridgehead atoms. The summed E-state index contributed by atoms with van der Waals surface area (Å²) in [6.45, 7) is 6.92. The van der Waals surface area contributed by atoms with Crippen LogP contribution in [0.2, 0.25) is 24.7 Å². The Balaban J connectivity index is 2.61. The van der Waals surface area contributed by atoms with E-state index in [0.29, 0.717) is 0 Å². The van der Waals surface area contributed by atoms with Gasteiger partial charge in [-0.05, 0) is 17.7 Å². The van der Waals surface area contributed by atoms with Crippen LogP contribution in [-0.4, -0.2) is 20.5 Å². The standard InChI is InChI=1S/C11H16ClNSi/c1-14(2,3)9-13-8-10-5-4-6-11(12)7-10/h4-8H,9H2,1-3H3/b13-8+. The molecule has 0 saturated carbocycles. The molecule has 0 aromatic heterocycles. The Bertz CT molecular complexity index is 328. The molecule has 0 aliphatic heterocycles. The normalized spacial score (nSPS) is 12.3. The average molecular weight is 226 g/mol. The molecule has 0 fully saturated rings. The lowest BCUT2D eigenvalue weighted by Crippen LogP contribution is -2.24. The summed E-state index contributed by atoms with van der Waals surface area (Å²) in [7, 11) is -1.06. The fourth-order valence-electron chi connectivity index (χ4n) is 1.01. The van der Waals surface area contributed by atoms with Gasteiger partial charge in [-0.2, -0.15) is 0 Å². The van der Waals surface area contributed by atoms with Crippen LogP contribution in [-0.2, 0) is 0 Å². The maximum Gasteiger partial charge on any atom is 0.0692 e. The van der Waals surface area contributed by atoms with Crippen molar-refractivity contribution in [2.75, 3.05) is 6.17 Å². The minimum atomic E-state index is -1.06. The van der Waals surface area contributed by atoms with E-state index in [4.69, 9.17) is 11.6 Å². The molecule has 0 amide bonds. The van der Waals surface area contributed by atoms with Crippen LogP contribution in [0.5, 0.6) is 0 Å². The van der Waals surface area contributed by atoms with Gasteiger partial charge in [-0.1, -0.05) is 43.4 Å². The van der Waals surface area contributed by atoms with E-state index in [-0.39, 0.29) is 0 Å². The number of hydrogen-bond donors (Lipinski definition) is 0. The van der Waals surface area contributed by atoms with Crippen molar-refractivity contribution in [3.8, 4) is 0 Å². The molecule has 1 aromatic carbocycles. The third-order valence-electron chi connectivity index (χ3n) is 1.65. The van der Waals surface area contributed by atoms with Crippen molar-refractivity contribution in [1.29, 1.82) is 0 Å². The Morgan fingerprint density at radius 2 is 2.07 bits per heavy atom. The highest BCUT2D eigenvalue weighted by Gasteiger charge is 2.10. The lowest BCUT2D eigenvalue weighted by Gasteiger charge is -2.10. The van der Waals surface area contributed by atoms with Crippen LogP contribution in [0.15, 0.2) is 29.3 Å². The zero-order valence-corrected chi connectivity index (χ0v) is 10.7. The predicted octanol–water partition coefficient (Wildman–Crippen LogP) is 3.64. The number of aliphatic imine (C=N–C) groups is 1. The number of rotatable bonds is 3. The van der Waals surface area contributed by atoms with Crippen molar-refractivity contribution < 1.29 is 0 Å². The Kier molecular flexibility index (Phi) is 3.90. The van der Waals surface area contributed by atoms with Crippen molar-refractivity contribution in [3.05, 3.63) is 34.9 Å². The van der Waals surface area contributed by atoms with Gasteiger partial charge >= 0.3 is 0 Å². The molecule has 1 nitrogen and oxygen atoms in total. The van der Waals surface area contributed by atoms with E-state index in [1.165, 1.54) is 0 Å². The summed E-state index contributed by atoms with van der Waals surface area (Å²) in [5.74, 6) is 0. The van der Waals surface area contributed by atoms with Crippen LogP contribution in [0.1, 0.15) is 5.56 Å². The van der Waals surface area contributed by atoms with Gasteiger partial charge < -0.3 is 0 Å². The molecule has 0 N–H and O–H groups in total. The molecule has 0 aliphatic rings. The summed E-state index contributed by atoms with van der Waals surface area (Å²) in [6.07, 6.45) is 2.88. The molecule has 14 heavy (non-hydrogen) atoms. The summed E-state index contributed by atoms with van der Waals surface area (Å²) in [5.41, 5.74) is 1.08. The molecule has 0 aliphatic carbocycles. The van der Waals surface area contributed by atoms with Gasteiger partial charge in [0.1, 0.15) is 0 Å². The highest BCUT2D eigenvalue weighted by Crippen LogP contribution is 2.09. The molecule has 0 atom stereocenters. The molecule has 0 radical (unpaired) electrons. The van der Waals surface area contributed by atoms with Crippen LogP contribution in [0.4, 0.5) is 0 Å². The van der Waals surface area contributed by atoms with Crippen LogP contribution in [0.3, 0.4) is 0 Å². The Morgan fingerprint density at radius 3 is 2.64 bits per heavy atom. The molecule has 0 unspecified atom stereocenters. The van der Waals surface area contributed by atoms with E-state index in [1.54, 1.807) is 0 Å². The third kappa shape index (κ3) is 4.58. The van der Waals surface area contributed by atoms with E-state index in [1.807, 2.05) is 30.5 Å². The van der Waals surface area contributed by atoms with Gasteiger partial charge in [0.2, 0.25) is 0 Å². The highest BCUT2D eigenvalue weighted by atomic mass is 35.5. The van der Waals surface area contributed by atoms with Crippen molar-refractivity contribution in [3.63, 3.8) is 0 Å². The van der Waals surface area contributed by atoms with Gasteiger partial charge in [-0.15, -0.1) is 0 Å². The van der Waals surface area contributed by atoms with Crippen LogP contribution in [0, 0.1) is 0 Å². The molecule has 1 aromatic rings. The van der Waals surface area contributed by atoms with Crippen molar-refractivity contribution in [1.82, 2.24) is 0 Å². The lowest BCUT2D eigenvalue weighted by atomic mass is 10.2. The smallest absolute Gasteiger partial charge is 0.0692 e. The fourth-order valence-corrected chi connectivity index (χ4v) is 1.85. The van der Waals surface area contributed by atoms with Gasteiger partial charge in [-0.3, -0.25) is 4.99 Å². The molecule has 76 valence electrons. The Morgan fingerprint density at radius 1 is 1.36 bits per heavy atom. The minimum Gasteiger partial charge on any atom is -0.296 e. The number of halogens is 1. The number of nitrogens with zero attached hydrogens (tertiary/aromatic N) is 1.